The number of rotatable bonds is 88. The predicted molar refractivity (Wildman–Crippen MR) is 446 cm³/mol. The molecule has 19 heteroatoms. The molecule has 0 spiro atoms. The number of carbonyl (C=O) groups excluding carboxylic acids is 4. The number of unbranched alkanes of at least 4 members (excludes halogenated alkanes) is 58. The maximum atomic E-state index is 13.2. The first kappa shape index (κ1) is 106. The van der Waals surface area contributed by atoms with E-state index in [1.165, 1.54) is 295 Å². The van der Waals surface area contributed by atoms with E-state index in [1.54, 1.807) is 0 Å². The van der Waals surface area contributed by atoms with Gasteiger partial charge in [0.15, 0.2) is 12.2 Å². The summed E-state index contributed by atoms with van der Waals surface area (Å²) in [4.78, 5) is 73.4. The van der Waals surface area contributed by atoms with Crippen molar-refractivity contribution in [2.75, 3.05) is 39.6 Å². The maximum absolute atomic E-state index is 13.2. The zero-order valence-electron chi connectivity index (χ0n) is 71.2. The second-order valence-electron chi connectivity index (χ2n) is 32.9. The van der Waals surface area contributed by atoms with Crippen LogP contribution in [0.2, 0.25) is 0 Å². The summed E-state index contributed by atoms with van der Waals surface area (Å²) in [6, 6.07) is 0. The molecule has 0 heterocycles. The molecule has 642 valence electrons. The van der Waals surface area contributed by atoms with Crippen LogP contribution in [0.4, 0.5) is 0 Å². The van der Waals surface area contributed by atoms with Crippen molar-refractivity contribution in [2.45, 2.75) is 496 Å². The normalized spacial score (nSPS) is 13.8. The lowest BCUT2D eigenvalue weighted by Crippen LogP contribution is -2.30. The standard InChI is InChI=1S/C89H174O17P2/c1-7-9-11-13-15-17-19-21-22-23-24-25-30-37-43-49-55-61-67-73-88(93)106-85(78-100-87(92)72-66-60-54-48-42-36-31-26-28-34-39-45-51-57-63-69-81(3)4)80-104-108(97,98)102-76-83(90)75-101-107(95,96)103-79-84(77-99-86(91)71-65-59-53-47-41-33-20-18-16-14-12-10-8-2)105-89(94)74-68-62-56-50-44-38-32-27-29-35-40-46-52-58-64-70-82(5)6/h81-85,90H,7-80H2,1-6H3,(H,95,96)(H,97,98)/t83-,84+,85+/m0/s1. The van der Waals surface area contributed by atoms with Crippen LogP contribution in [-0.4, -0.2) is 96.7 Å². The van der Waals surface area contributed by atoms with Gasteiger partial charge in [0.2, 0.25) is 0 Å². The van der Waals surface area contributed by atoms with Gasteiger partial charge in [-0.15, -0.1) is 0 Å². The third-order valence-electron chi connectivity index (χ3n) is 21.0. The van der Waals surface area contributed by atoms with Gasteiger partial charge in [-0.25, -0.2) is 9.13 Å². The van der Waals surface area contributed by atoms with Gasteiger partial charge in [0.1, 0.15) is 19.3 Å². The largest absolute Gasteiger partial charge is 0.472 e. The van der Waals surface area contributed by atoms with Crippen molar-refractivity contribution in [1.82, 2.24) is 0 Å². The van der Waals surface area contributed by atoms with Crippen molar-refractivity contribution in [2.24, 2.45) is 11.8 Å². The molecule has 0 aromatic heterocycles. The predicted octanol–water partition coefficient (Wildman–Crippen LogP) is 27.4. The number of carbonyl (C=O) groups is 4. The molecule has 0 aliphatic carbocycles. The molecule has 0 aromatic rings. The fraction of sp³-hybridized carbons (Fsp3) is 0.955. The van der Waals surface area contributed by atoms with Crippen LogP contribution < -0.4 is 0 Å². The van der Waals surface area contributed by atoms with Crippen LogP contribution in [0.5, 0.6) is 0 Å². The summed E-state index contributed by atoms with van der Waals surface area (Å²) in [7, 11) is -9.93. The minimum absolute atomic E-state index is 0.109. The quantitative estimate of drug-likeness (QED) is 0.0222. The summed E-state index contributed by atoms with van der Waals surface area (Å²) >= 11 is 0. The molecular formula is C89H174O17P2. The van der Waals surface area contributed by atoms with E-state index in [2.05, 4.69) is 41.5 Å². The van der Waals surface area contributed by atoms with Crippen LogP contribution >= 0.6 is 15.6 Å². The first-order chi connectivity index (χ1) is 52.4. The van der Waals surface area contributed by atoms with Crippen LogP contribution in [0, 0.1) is 11.8 Å². The third kappa shape index (κ3) is 82.1. The highest BCUT2D eigenvalue weighted by molar-refractivity contribution is 7.47. The summed E-state index contributed by atoms with van der Waals surface area (Å²) in [6.07, 6.45) is 73.5. The minimum Gasteiger partial charge on any atom is -0.462 e. The molecule has 3 N–H and O–H groups in total. The second-order valence-corrected chi connectivity index (χ2v) is 35.8. The zero-order chi connectivity index (χ0) is 79.2. The fourth-order valence-corrected chi connectivity index (χ4v) is 15.5. The van der Waals surface area contributed by atoms with E-state index in [0.29, 0.717) is 25.7 Å². The lowest BCUT2D eigenvalue weighted by atomic mass is 10.0. The highest BCUT2D eigenvalue weighted by Crippen LogP contribution is 2.45. The molecule has 0 aromatic carbocycles. The Hall–Kier alpha value is -1.94. The van der Waals surface area contributed by atoms with E-state index in [-0.39, 0.29) is 25.7 Å². The Morgan fingerprint density at radius 3 is 0.630 bits per heavy atom. The highest BCUT2D eigenvalue weighted by Gasteiger charge is 2.31. The molecule has 0 fully saturated rings. The van der Waals surface area contributed by atoms with Gasteiger partial charge in [-0.3, -0.25) is 37.3 Å². The first-order valence-corrected chi connectivity index (χ1v) is 49.0. The average molecular weight is 1580 g/mol. The van der Waals surface area contributed by atoms with Crippen LogP contribution in [0.25, 0.3) is 0 Å². The van der Waals surface area contributed by atoms with E-state index in [1.807, 2.05) is 0 Å². The Bertz CT molecular complexity index is 2060. The summed E-state index contributed by atoms with van der Waals surface area (Å²) in [5, 5.41) is 10.7. The van der Waals surface area contributed by atoms with Gasteiger partial charge >= 0.3 is 39.5 Å². The van der Waals surface area contributed by atoms with E-state index in [9.17, 15) is 43.2 Å². The number of aliphatic hydroxyl groups is 1. The molecular weight excluding hydrogens is 1400 g/mol. The number of esters is 4. The van der Waals surface area contributed by atoms with E-state index in [4.69, 9.17) is 37.0 Å². The summed E-state index contributed by atoms with van der Waals surface area (Å²) < 4.78 is 69.0. The van der Waals surface area contributed by atoms with Gasteiger partial charge in [-0.05, 0) is 37.5 Å². The van der Waals surface area contributed by atoms with Crippen molar-refractivity contribution >= 4 is 39.5 Å². The topological polar surface area (TPSA) is 237 Å². The molecule has 0 radical (unpaired) electrons. The maximum Gasteiger partial charge on any atom is 0.472 e. The Balaban J connectivity index is 5.27. The molecule has 108 heavy (non-hydrogen) atoms. The molecule has 0 rings (SSSR count). The first-order valence-electron chi connectivity index (χ1n) is 46.0. The average Bonchev–Trinajstić information content (AvgIpc) is 0.948. The molecule has 0 amide bonds. The molecule has 5 atom stereocenters. The number of phosphoric acid groups is 2. The van der Waals surface area contributed by atoms with Crippen molar-refractivity contribution in [3.63, 3.8) is 0 Å². The van der Waals surface area contributed by atoms with Gasteiger partial charge < -0.3 is 33.8 Å². The van der Waals surface area contributed by atoms with Crippen LogP contribution in [0.1, 0.15) is 478 Å². The van der Waals surface area contributed by atoms with E-state index >= 15 is 0 Å². The van der Waals surface area contributed by atoms with Gasteiger partial charge in [-0.1, -0.05) is 427 Å². The number of ether oxygens (including phenoxy) is 4. The molecule has 0 bridgehead atoms. The second kappa shape index (κ2) is 80.3. The van der Waals surface area contributed by atoms with Crippen LogP contribution in [-0.2, 0) is 65.4 Å². The monoisotopic (exact) mass is 1580 g/mol. The van der Waals surface area contributed by atoms with Gasteiger partial charge in [0, 0.05) is 25.7 Å². The lowest BCUT2D eigenvalue weighted by molar-refractivity contribution is -0.161. The Morgan fingerprint density at radius 1 is 0.250 bits per heavy atom. The summed E-state index contributed by atoms with van der Waals surface area (Å²) in [5.74, 6) is -0.486. The minimum atomic E-state index is -4.97. The van der Waals surface area contributed by atoms with Crippen LogP contribution in [0.15, 0.2) is 0 Å². The number of phosphoric ester groups is 2. The van der Waals surface area contributed by atoms with Crippen molar-refractivity contribution in [3.05, 3.63) is 0 Å². The molecule has 0 saturated carbocycles. The number of hydrogen-bond acceptors (Lipinski definition) is 15. The van der Waals surface area contributed by atoms with Gasteiger partial charge in [0.05, 0.1) is 26.4 Å². The lowest BCUT2D eigenvalue weighted by Gasteiger charge is -2.21. The molecule has 17 nitrogen and oxygen atoms in total. The molecule has 0 saturated heterocycles. The van der Waals surface area contributed by atoms with E-state index < -0.39 is 97.5 Å². The van der Waals surface area contributed by atoms with E-state index in [0.717, 1.165) is 102 Å². The third-order valence-corrected chi connectivity index (χ3v) is 22.9. The Kier molecular flexibility index (Phi) is 78.8. The van der Waals surface area contributed by atoms with Crippen LogP contribution in [0.3, 0.4) is 0 Å². The Morgan fingerprint density at radius 2 is 0.426 bits per heavy atom. The smallest absolute Gasteiger partial charge is 0.462 e. The molecule has 2 unspecified atom stereocenters. The van der Waals surface area contributed by atoms with Gasteiger partial charge in [0.25, 0.3) is 0 Å². The number of hydrogen-bond donors (Lipinski definition) is 3. The Labute approximate surface area is 664 Å². The number of aliphatic hydroxyl groups excluding tert-OH is 1. The zero-order valence-corrected chi connectivity index (χ0v) is 73.0. The van der Waals surface area contributed by atoms with Gasteiger partial charge in [-0.2, -0.15) is 0 Å². The SMILES string of the molecule is CCCCCCCCCCCCCCCCCCCCCC(=O)O[C@H](COC(=O)CCCCCCCCCCCCCCCCCC(C)C)COP(=O)(O)OC[C@@H](O)COP(=O)(O)OC[C@@H](COC(=O)CCCCCCCCCCCCCCC)OC(=O)CCCCCCCCCCCCCCCCCC(C)C. The summed E-state index contributed by atoms with van der Waals surface area (Å²) in [6.45, 7) is 9.75. The fourth-order valence-electron chi connectivity index (χ4n) is 14.0. The van der Waals surface area contributed by atoms with Crippen molar-refractivity contribution in [1.29, 1.82) is 0 Å². The molecule has 0 aliphatic heterocycles. The van der Waals surface area contributed by atoms with Crippen molar-refractivity contribution < 1.29 is 80.2 Å². The highest BCUT2D eigenvalue weighted by atomic mass is 31.2. The summed E-state index contributed by atoms with van der Waals surface area (Å²) in [5.41, 5.74) is 0. The molecule has 0 aliphatic rings. The van der Waals surface area contributed by atoms with Crippen molar-refractivity contribution in [3.8, 4) is 0 Å².